The molecule has 0 bridgehead atoms. The molecule has 0 aliphatic carbocycles. The predicted molar refractivity (Wildman–Crippen MR) is 55.1 cm³/mol. The first kappa shape index (κ1) is 11.0. The van der Waals surface area contributed by atoms with Crippen molar-refractivity contribution >= 4 is 5.95 Å². The molecule has 0 aliphatic rings. The third kappa shape index (κ3) is 2.23. The summed E-state index contributed by atoms with van der Waals surface area (Å²) in [5.74, 6) is 1.16. The summed E-state index contributed by atoms with van der Waals surface area (Å²) in [5, 5.41) is 3.89. The molecule has 5 heteroatoms. The summed E-state index contributed by atoms with van der Waals surface area (Å²) in [7, 11) is 0. The molecule has 0 aromatic carbocycles. The molecule has 0 saturated heterocycles. The fourth-order valence-corrected chi connectivity index (χ4v) is 1.19. The van der Waals surface area contributed by atoms with Gasteiger partial charge in [0.2, 0.25) is 5.89 Å². The van der Waals surface area contributed by atoms with Gasteiger partial charge >= 0.3 is 0 Å². The van der Waals surface area contributed by atoms with Crippen molar-refractivity contribution in [1.82, 2.24) is 10.1 Å². The second-order valence-corrected chi connectivity index (χ2v) is 3.12. The molecular weight excluding hydrogens is 180 g/mol. The van der Waals surface area contributed by atoms with E-state index in [0.717, 1.165) is 19.5 Å². The van der Waals surface area contributed by atoms with Crippen molar-refractivity contribution in [3.05, 3.63) is 5.89 Å². The number of anilines is 1. The first-order valence-electron chi connectivity index (χ1n) is 5.07. The molecule has 5 nitrogen and oxygen atoms in total. The molecular formula is C9H18N4O. The topological polar surface area (TPSA) is 68.2 Å². The summed E-state index contributed by atoms with van der Waals surface area (Å²) in [6, 6.07) is -0.146. The summed E-state index contributed by atoms with van der Waals surface area (Å²) >= 11 is 0. The van der Waals surface area contributed by atoms with E-state index in [1.54, 1.807) is 0 Å². The highest BCUT2D eigenvalue weighted by atomic mass is 16.5. The maximum absolute atomic E-state index is 5.78. The van der Waals surface area contributed by atoms with E-state index in [0.29, 0.717) is 11.8 Å². The van der Waals surface area contributed by atoms with E-state index >= 15 is 0 Å². The number of rotatable bonds is 5. The standard InChI is InChI=1S/C9H18N4O/c1-4-7(10)8-11-9(12-14-8)13(5-2)6-3/h7H,4-6,10H2,1-3H3. The number of nitrogens with two attached hydrogens (primary N) is 1. The first-order chi connectivity index (χ1) is 6.72. The highest BCUT2D eigenvalue weighted by Crippen LogP contribution is 2.15. The average Bonchev–Trinajstić information content (AvgIpc) is 2.68. The van der Waals surface area contributed by atoms with Crippen molar-refractivity contribution in [2.24, 2.45) is 5.73 Å². The molecule has 1 rings (SSSR count). The van der Waals surface area contributed by atoms with Crippen molar-refractivity contribution in [2.75, 3.05) is 18.0 Å². The molecule has 0 fully saturated rings. The van der Waals surface area contributed by atoms with Crippen LogP contribution >= 0.6 is 0 Å². The normalized spacial score (nSPS) is 12.9. The van der Waals surface area contributed by atoms with Crippen LogP contribution in [0.5, 0.6) is 0 Å². The minimum atomic E-state index is -0.146. The van der Waals surface area contributed by atoms with Crippen molar-refractivity contribution in [3.63, 3.8) is 0 Å². The summed E-state index contributed by atoms with van der Waals surface area (Å²) in [4.78, 5) is 6.27. The minimum Gasteiger partial charge on any atom is -0.339 e. The van der Waals surface area contributed by atoms with E-state index in [-0.39, 0.29) is 6.04 Å². The third-order valence-corrected chi connectivity index (χ3v) is 2.23. The highest BCUT2D eigenvalue weighted by Gasteiger charge is 2.15. The van der Waals surface area contributed by atoms with Crippen LogP contribution in [0.25, 0.3) is 0 Å². The Hall–Kier alpha value is -1.10. The summed E-state index contributed by atoms with van der Waals surface area (Å²) in [6.45, 7) is 7.85. The molecule has 1 aromatic rings. The molecule has 80 valence electrons. The third-order valence-electron chi connectivity index (χ3n) is 2.23. The number of aromatic nitrogens is 2. The monoisotopic (exact) mass is 198 g/mol. The van der Waals surface area contributed by atoms with Crippen molar-refractivity contribution in [2.45, 2.75) is 33.2 Å². The molecule has 2 N–H and O–H groups in total. The lowest BCUT2D eigenvalue weighted by Gasteiger charge is -2.14. The Labute approximate surface area is 84.3 Å². The first-order valence-corrected chi connectivity index (χ1v) is 5.07. The van der Waals surface area contributed by atoms with Gasteiger partial charge in [-0.15, -0.1) is 0 Å². The molecule has 0 spiro atoms. The van der Waals surface area contributed by atoms with Crippen molar-refractivity contribution in [1.29, 1.82) is 0 Å². The minimum absolute atomic E-state index is 0.146. The van der Waals surface area contributed by atoms with Gasteiger partial charge in [0.1, 0.15) is 0 Å². The van der Waals surface area contributed by atoms with Gasteiger partial charge in [0.05, 0.1) is 6.04 Å². The highest BCUT2D eigenvalue weighted by molar-refractivity contribution is 5.26. The van der Waals surface area contributed by atoms with Gasteiger partial charge in [-0.2, -0.15) is 4.98 Å². The molecule has 14 heavy (non-hydrogen) atoms. The van der Waals surface area contributed by atoms with Gasteiger partial charge in [-0.1, -0.05) is 6.92 Å². The second-order valence-electron chi connectivity index (χ2n) is 3.12. The summed E-state index contributed by atoms with van der Waals surface area (Å²) in [6.07, 6.45) is 0.805. The zero-order valence-electron chi connectivity index (χ0n) is 9.03. The van der Waals surface area contributed by atoms with Gasteiger partial charge in [-0.3, -0.25) is 0 Å². The lowest BCUT2D eigenvalue weighted by Crippen LogP contribution is -2.23. The van der Waals surface area contributed by atoms with Crippen molar-refractivity contribution < 1.29 is 4.52 Å². The molecule has 1 unspecified atom stereocenters. The number of nitrogens with zero attached hydrogens (tertiary/aromatic N) is 3. The summed E-state index contributed by atoms with van der Waals surface area (Å²) < 4.78 is 5.07. The van der Waals surface area contributed by atoms with E-state index in [2.05, 4.69) is 24.0 Å². The van der Waals surface area contributed by atoms with Gasteiger partial charge in [-0.25, -0.2) is 0 Å². The lowest BCUT2D eigenvalue weighted by molar-refractivity contribution is 0.351. The lowest BCUT2D eigenvalue weighted by atomic mass is 10.2. The van der Waals surface area contributed by atoms with Gasteiger partial charge in [0.25, 0.3) is 5.95 Å². The fourth-order valence-electron chi connectivity index (χ4n) is 1.19. The average molecular weight is 198 g/mol. The quantitative estimate of drug-likeness (QED) is 0.773. The Morgan fingerprint density at radius 3 is 2.50 bits per heavy atom. The number of hydrogen-bond acceptors (Lipinski definition) is 5. The Bertz CT molecular complexity index is 270. The maximum atomic E-state index is 5.78. The molecule has 0 aliphatic heterocycles. The zero-order chi connectivity index (χ0) is 10.6. The predicted octanol–water partition coefficient (Wildman–Crippen LogP) is 1.33. The van der Waals surface area contributed by atoms with Crippen LogP contribution in [0.15, 0.2) is 4.52 Å². The molecule has 0 radical (unpaired) electrons. The van der Waals surface area contributed by atoms with Crippen molar-refractivity contribution in [3.8, 4) is 0 Å². The van der Waals surface area contributed by atoms with E-state index < -0.39 is 0 Å². The van der Waals surface area contributed by atoms with Gasteiger partial charge in [0.15, 0.2) is 0 Å². The van der Waals surface area contributed by atoms with Gasteiger partial charge < -0.3 is 15.2 Å². The SMILES string of the molecule is CCC(N)c1nc(N(CC)CC)no1. The van der Waals surface area contributed by atoms with Crippen LogP contribution in [0.2, 0.25) is 0 Å². The fraction of sp³-hybridized carbons (Fsp3) is 0.778. The van der Waals surface area contributed by atoms with Crippen LogP contribution in [0, 0.1) is 0 Å². The van der Waals surface area contributed by atoms with Gasteiger partial charge in [0, 0.05) is 13.1 Å². The van der Waals surface area contributed by atoms with Gasteiger partial charge in [-0.05, 0) is 25.4 Å². The molecule has 1 atom stereocenters. The van der Waals surface area contributed by atoms with Crippen LogP contribution in [0.4, 0.5) is 5.95 Å². The van der Waals surface area contributed by atoms with Crippen LogP contribution in [0.3, 0.4) is 0 Å². The zero-order valence-corrected chi connectivity index (χ0v) is 9.03. The Morgan fingerprint density at radius 2 is 2.00 bits per heavy atom. The van der Waals surface area contributed by atoms with Crippen LogP contribution in [-0.2, 0) is 0 Å². The molecule has 0 saturated carbocycles. The smallest absolute Gasteiger partial charge is 0.266 e. The van der Waals surface area contributed by atoms with Crippen LogP contribution in [-0.4, -0.2) is 23.2 Å². The van der Waals surface area contributed by atoms with E-state index in [9.17, 15) is 0 Å². The van der Waals surface area contributed by atoms with Crippen LogP contribution in [0.1, 0.15) is 39.1 Å². The Morgan fingerprint density at radius 1 is 1.36 bits per heavy atom. The van der Waals surface area contributed by atoms with E-state index in [1.807, 2.05) is 11.8 Å². The Balaban J connectivity index is 2.76. The van der Waals surface area contributed by atoms with Crippen LogP contribution < -0.4 is 10.6 Å². The molecule has 0 amide bonds. The molecule has 1 heterocycles. The molecule has 1 aromatic heterocycles. The maximum Gasteiger partial charge on any atom is 0.266 e. The summed E-state index contributed by atoms with van der Waals surface area (Å²) in [5.41, 5.74) is 5.78. The number of hydrogen-bond donors (Lipinski definition) is 1. The van der Waals surface area contributed by atoms with E-state index in [1.165, 1.54) is 0 Å². The van der Waals surface area contributed by atoms with E-state index in [4.69, 9.17) is 10.3 Å². The second kappa shape index (κ2) is 4.95. The Kier molecular flexibility index (Phi) is 3.88. The largest absolute Gasteiger partial charge is 0.339 e.